The summed E-state index contributed by atoms with van der Waals surface area (Å²) >= 11 is 0. The Labute approximate surface area is 102 Å². The molecule has 0 spiro atoms. The maximum absolute atomic E-state index is 13.3. The fourth-order valence-corrected chi connectivity index (χ4v) is 2.41. The van der Waals surface area contributed by atoms with Gasteiger partial charge in [-0.3, -0.25) is 0 Å². The molecule has 1 aromatic carbocycles. The lowest BCUT2D eigenvalue weighted by atomic mass is 9.95. The van der Waals surface area contributed by atoms with Crippen LogP contribution in [0.3, 0.4) is 0 Å². The van der Waals surface area contributed by atoms with Crippen LogP contribution in [0, 0.1) is 5.82 Å². The summed E-state index contributed by atoms with van der Waals surface area (Å²) in [7, 11) is 0. The fourth-order valence-electron chi connectivity index (χ4n) is 2.41. The Bertz CT molecular complexity index is 392. The van der Waals surface area contributed by atoms with Crippen LogP contribution in [-0.4, -0.2) is 18.2 Å². The highest BCUT2D eigenvalue weighted by atomic mass is 19.1. The van der Waals surface area contributed by atoms with Gasteiger partial charge in [0.1, 0.15) is 5.82 Å². The average molecular weight is 237 g/mol. The van der Waals surface area contributed by atoms with Gasteiger partial charge in [0.15, 0.2) is 0 Å². The maximum Gasteiger partial charge on any atom is 0.123 e. The quantitative estimate of drug-likeness (QED) is 0.854. The molecule has 1 saturated heterocycles. The van der Waals surface area contributed by atoms with Crippen molar-refractivity contribution in [1.29, 1.82) is 0 Å². The maximum atomic E-state index is 13.3. The number of anilines is 1. The van der Waals surface area contributed by atoms with Crippen LogP contribution in [0.15, 0.2) is 18.2 Å². The van der Waals surface area contributed by atoms with Gasteiger partial charge < -0.3 is 10.0 Å². The number of nitrogens with zero attached hydrogens (tertiary/aromatic N) is 1. The first-order chi connectivity index (χ1) is 7.98. The summed E-state index contributed by atoms with van der Waals surface area (Å²) in [5.41, 5.74) is 0.646. The molecular weight excluding hydrogens is 217 g/mol. The van der Waals surface area contributed by atoms with Gasteiger partial charge in [-0.15, -0.1) is 0 Å². The van der Waals surface area contributed by atoms with Crippen molar-refractivity contribution in [2.75, 3.05) is 18.0 Å². The van der Waals surface area contributed by atoms with Crippen LogP contribution in [0.5, 0.6) is 0 Å². The summed E-state index contributed by atoms with van der Waals surface area (Å²) in [6, 6.07) is 4.71. The first-order valence-electron chi connectivity index (χ1n) is 6.26. The Balaban J connectivity index is 2.38. The second-order valence-electron chi connectivity index (χ2n) is 5.27. The highest BCUT2D eigenvalue weighted by Crippen LogP contribution is 2.32. The summed E-state index contributed by atoms with van der Waals surface area (Å²) < 4.78 is 13.3. The molecule has 1 fully saturated rings. The lowest BCUT2D eigenvalue weighted by Gasteiger charge is -2.33. The molecule has 1 N–H and O–H groups in total. The molecule has 0 atom stereocenters. The molecule has 0 aliphatic carbocycles. The average Bonchev–Trinajstić information content (AvgIpc) is 2.29. The van der Waals surface area contributed by atoms with Gasteiger partial charge in [0.05, 0.1) is 5.60 Å². The smallest absolute Gasteiger partial charge is 0.123 e. The van der Waals surface area contributed by atoms with E-state index in [1.807, 2.05) is 0 Å². The highest BCUT2D eigenvalue weighted by Gasteiger charge is 2.24. The van der Waals surface area contributed by atoms with Crippen LogP contribution in [0.1, 0.15) is 38.7 Å². The number of rotatable bonds is 2. The van der Waals surface area contributed by atoms with E-state index in [-0.39, 0.29) is 5.82 Å². The zero-order valence-corrected chi connectivity index (χ0v) is 10.5. The van der Waals surface area contributed by atoms with Crippen LogP contribution >= 0.6 is 0 Å². The van der Waals surface area contributed by atoms with Crippen LogP contribution in [0.4, 0.5) is 10.1 Å². The van der Waals surface area contributed by atoms with E-state index in [1.165, 1.54) is 31.4 Å². The summed E-state index contributed by atoms with van der Waals surface area (Å²) in [5.74, 6) is -0.289. The van der Waals surface area contributed by atoms with Gasteiger partial charge in [-0.25, -0.2) is 4.39 Å². The van der Waals surface area contributed by atoms with Gasteiger partial charge in [-0.1, -0.05) is 0 Å². The van der Waals surface area contributed by atoms with Crippen molar-refractivity contribution < 1.29 is 9.50 Å². The Morgan fingerprint density at radius 3 is 2.41 bits per heavy atom. The topological polar surface area (TPSA) is 23.5 Å². The number of hydrogen-bond donors (Lipinski definition) is 1. The summed E-state index contributed by atoms with van der Waals surface area (Å²) in [5, 5.41) is 10.1. The molecule has 0 amide bonds. The standard InChI is InChI=1S/C14H20FNO/c1-14(2,17)12-10-11(15)6-7-13(12)16-8-4-3-5-9-16/h6-7,10,17H,3-5,8-9H2,1-2H3. The normalized spacial score (nSPS) is 17.3. The Morgan fingerprint density at radius 2 is 1.82 bits per heavy atom. The molecule has 1 aromatic rings. The highest BCUT2D eigenvalue weighted by molar-refractivity contribution is 5.56. The fraction of sp³-hybridized carbons (Fsp3) is 0.571. The molecular formula is C14H20FNO. The van der Waals surface area contributed by atoms with Crippen LogP contribution < -0.4 is 4.90 Å². The van der Waals surface area contributed by atoms with Crippen molar-refractivity contribution in [2.45, 2.75) is 38.7 Å². The van der Waals surface area contributed by atoms with Gasteiger partial charge in [0.2, 0.25) is 0 Å². The van der Waals surface area contributed by atoms with Crippen LogP contribution in [0.25, 0.3) is 0 Å². The van der Waals surface area contributed by atoms with Gasteiger partial charge in [0.25, 0.3) is 0 Å². The lowest BCUT2D eigenvalue weighted by Crippen LogP contribution is -2.32. The number of piperidine rings is 1. The first-order valence-corrected chi connectivity index (χ1v) is 6.26. The summed E-state index contributed by atoms with van der Waals surface area (Å²) in [4.78, 5) is 2.25. The van der Waals surface area contributed by atoms with E-state index < -0.39 is 5.60 Å². The first kappa shape index (κ1) is 12.4. The molecule has 94 valence electrons. The molecule has 3 heteroatoms. The van der Waals surface area contributed by atoms with Crippen molar-refractivity contribution in [3.8, 4) is 0 Å². The largest absolute Gasteiger partial charge is 0.386 e. The molecule has 0 bridgehead atoms. The lowest BCUT2D eigenvalue weighted by molar-refractivity contribution is 0.0786. The van der Waals surface area contributed by atoms with E-state index in [2.05, 4.69) is 4.90 Å². The van der Waals surface area contributed by atoms with Crippen molar-refractivity contribution in [1.82, 2.24) is 0 Å². The Morgan fingerprint density at radius 1 is 1.18 bits per heavy atom. The SMILES string of the molecule is CC(C)(O)c1cc(F)ccc1N1CCCCC1. The van der Waals surface area contributed by atoms with Crippen molar-refractivity contribution in [3.63, 3.8) is 0 Å². The number of hydrogen-bond acceptors (Lipinski definition) is 2. The van der Waals surface area contributed by atoms with Crippen LogP contribution in [-0.2, 0) is 5.60 Å². The summed E-state index contributed by atoms with van der Waals surface area (Å²) in [6.07, 6.45) is 3.60. The minimum absolute atomic E-state index is 0.289. The van der Waals surface area contributed by atoms with E-state index in [0.29, 0.717) is 5.56 Å². The summed E-state index contributed by atoms with van der Waals surface area (Å²) in [6.45, 7) is 5.40. The molecule has 2 rings (SSSR count). The van der Waals surface area contributed by atoms with Crippen molar-refractivity contribution >= 4 is 5.69 Å². The third-order valence-electron chi connectivity index (χ3n) is 3.31. The molecule has 1 aliphatic rings. The minimum Gasteiger partial charge on any atom is -0.386 e. The van der Waals surface area contributed by atoms with E-state index >= 15 is 0 Å². The van der Waals surface area contributed by atoms with E-state index in [4.69, 9.17) is 0 Å². The second kappa shape index (κ2) is 4.65. The van der Waals surface area contributed by atoms with Gasteiger partial charge in [-0.2, -0.15) is 0 Å². The number of aliphatic hydroxyl groups is 1. The molecule has 0 unspecified atom stereocenters. The molecule has 1 heterocycles. The monoisotopic (exact) mass is 237 g/mol. The van der Waals surface area contributed by atoms with Gasteiger partial charge in [-0.05, 0) is 51.3 Å². The zero-order chi connectivity index (χ0) is 12.5. The predicted molar refractivity (Wildman–Crippen MR) is 67.7 cm³/mol. The zero-order valence-electron chi connectivity index (χ0n) is 10.5. The van der Waals surface area contributed by atoms with Gasteiger partial charge >= 0.3 is 0 Å². The molecule has 0 aromatic heterocycles. The van der Waals surface area contributed by atoms with E-state index in [1.54, 1.807) is 19.9 Å². The number of benzene rings is 1. The van der Waals surface area contributed by atoms with Crippen LogP contribution in [0.2, 0.25) is 0 Å². The number of halogens is 1. The molecule has 1 aliphatic heterocycles. The van der Waals surface area contributed by atoms with E-state index in [9.17, 15) is 9.50 Å². The molecule has 0 saturated carbocycles. The van der Waals surface area contributed by atoms with Crippen molar-refractivity contribution in [3.05, 3.63) is 29.6 Å². The third kappa shape index (κ3) is 2.78. The van der Waals surface area contributed by atoms with Crippen molar-refractivity contribution in [2.24, 2.45) is 0 Å². The third-order valence-corrected chi connectivity index (χ3v) is 3.31. The molecule has 0 radical (unpaired) electrons. The Hall–Kier alpha value is -1.09. The Kier molecular flexibility index (Phi) is 3.38. The minimum atomic E-state index is -1.01. The predicted octanol–water partition coefficient (Wildman–Crippen LogP) is 3.04. The molecule has 17 heavy (non-hydrogen) atoms. The molecule has 2 nitrogen and oxygen atoms in total. The van der Waals surface area contributed by atoms with E-state index in [0.717, 1.165) is 18.8 Å². The van der Waals surface area contributed by atoms with Gasteiger partial charge in [0, 0.05) is 24.3 Å². The second-order valence-corrected chi connectivity index (χ2v) is 5.27.